The molecule has 4 aliphatic heterocycles. The molecule has 4 aromatic heterocycles. The molecule has 652 valence electrons. The predicted molar refractivity (Wildman–Crippen MR) is 441 cm³/mol. The van der Waals surface area contributed by atoms with Crippen molar-refractivity contribution >= 4 is 98.6 Å². The second kappa shape index (κ2) is 37.5. The fourth-order valence-corrected chi connectivity index (χ4v) is 19.0. The third-order valence-electron chi connectivity index (χ3n) is 20.9. The summed E-state index contributed by atoms with van der Waals surface area (Å²) < 4.78 is 186. The fourth-order valence-electron chi connectivity index (χ4n) is 14.8. The lowest BCUT2D eigenvalue weighted by Crippen LogP contribution is -2.36. The number of nitrogens with one attached hydrogen (secondary N) is 8. The Hall–Kier alpha value is -10.2. The van der Waals surface area contributed by atoms with Gasteiger partial charge in [0.25, 0.3) is 40.1 Å². The van der Waals surface area contributed by atoms with Gasteiger partial charge >= 0.3 is 24.1 Å². The Labute approximate surface area is 700 Å². The van der Waals surface area contributed by atoms with Crippen LogP contribution in [0.25, 0.3) is 0 Å². The number of ether oxygens (including phenoxy) is 5. The SMILES string of the molecule is CC(C)c1cc(F)cc(C(C)C)c1NC(=O)NS(=O)(=O)c1cnn2c1OCCC2.CC[C@H]1COc2c(S(=O)(=O)NC(=O)Nc3c(C(C)C)cc(F)cc3C(C)C)cnn2C1.CO[C@H]1COc2c(S(=O)(=O)NC(=O)Nc3c(C(C)C)cc(Cl)cc3C(C)C)cnn2C1.O=C(Nc1c2c(c(F)c3c1CCC3)CCC2)NS(=O)(=O)c1cnn2c1OCCC2. The van der Waals surface area contributed by atoms with Gasteiger partial charge in [-0.1, -0.05) is 102 Å². The molecular weight excluding hydrogens is 1670 g/mol. The number of carbonyl (C=O) groups excluding carboxylic acids is 4. The molecule has 6 aliphatic rings. The van der Waals surface area contributed by atoms with E-state index in [0.717, 1.165) is 66.8 Å². The molecule has 0 saturated carbocycles. The highest BCUT2D eigenvalue weighted by Crippen LogP contribution is 2.43. The van der Waals surface area contributed by atoms with Crippen LogP contribution < -0.4 is 59.1 Å². The minimum Gasteiger partial charge on any atom is -0.477 e. The van der Waals surface area contributed by atoms with Gasteiger partial charge in [0, 0.05) is 66.7 Å². The van der Waals surface area contributed by atoms with Crippen molar-refractivity contribution in [1.29, 1.82) is 0 Å². The summed E-state index contributed by atoms with van der Waals surface area (Å²) in [5.41, 5.74) is 8.86. The summed E-state index contributed by atoms with van der Waals surface area (Å²) in [7, 11) is -15.2. The molecule has 0 radical (unpaired) electrons. The van der Waals surface area contributed by atoms with E-state index in [1.807, 2.05) is 104 Å². The lowest BCUT2D eigenvalue weighted by atomic mass is 9.92. The molecule has 8 aromatic rings. The number of aromatic nitrogens is 8. The van der Waals surface area contributed by atoms with Crippen molar-refractivity contribution in [3.8, 4) is 23.5 Å². The van der Waals surface area contributed by atoms with Gasteiger partial charge in [0.05, 0.1) is 57.7 Å². The molecule has 33 nitrogen and oxygen atoms in total. The third-order valence-corrected chi connectivity index (χ3v) is 26.4. The number of nitrogens with zero attached hydrogens (tertiary/aromatic N) is 8. The summed E-state index contributed by atoms with van der Waals surface area (Å²) >= 11 is 6.25. The highest BCUT2D eigenvalue weighted by atomic mass is 35.5. The topological polar surface area (TPSA) is 419 Å². The summed E-state index contributed by atoms with van der Waals surface area (Å²) in [5.74, 6) is -0.440. The summed E-state index contributed by atoms with van der Waals surface area (Å²) in [6.45, 7) is 28.3. The van der Waals surface area contributed by atoms with E-state index in [-0.39, 0.29) is 103 Å². The molecule has 0 unspecified atom stereocenters. The highest BCUT2D eigenvalue weighted by Gasteiger charge is 2.37. The molecule has 2 atom stereocenters. The molecule has 0 saturated heterocycles. The molecule has 2 aliphatic carbocycles. The van der Waals surface area contributed by atoms with Crippen molar-refractivity contribution in [2.45, 2.75) is 235 Å². The van der Waals surface area contributed by atoms with Crippen LogP contribution in [0.4, 0.5) is 55.1 Å². The lowest BCUT2D eigenvalue weighted by Gasteiger charge is -2.23. The Balaban J connectivity index is 0.000000157. The lowest BCUT2D eigenvalue weighted by molar-refractivity contribution is 0.0165. The Morgan fingerprint density at radius 1 is 0.433 bits per heavy atom. The maximum Gasteiger partial charge on any atom is 0.333 e. The van der Waals surface area contributed by atoms with Crippen molar-refractivity contribution in [3.63, 3.8) is 0 Å². The zero-order valence-corrected chi connectivity index (χ0v) is 73.1. The van der Waals surface area contributed by atoms with Gasteiger partial charge in [-0.25, -0.2) is 104 Å². The van der Waals surface area contributed by atoms with Crippen LogP contribution in [-0.4, -0.2) is 137 Å². The van der Waals surface area contributed by atoms with Gasteiger partial charge in [0.2, 0.25) is 23.5 Å². The van der Waals surface area contributed by atoms with E-state index in [2.05, 4.69) is 46.4 Å². The van der Waals surface area contributed by atoms with Crippen molar-refractivity contribution in [2.75, 3.05) is 54.8 Å². The monoisotopic (exact) mass is 1770 g/mol. The largest absolute Gasteiger partial charge is 0.477 e. The number of methoxy groups -OCH3 is 1. The van der Waals surface area contributed by atoms with Gasteiger partial charge in [-0.2, -0.15) is 20.4 Å². The molecule has 41 heteroatoms. The first-order valence-corrected chi connectivity index (χ1v) is 45.9. The van der Waals surface area contributed by atoms with E-state index in [0.29, 0.717) is 133 Å². The number of hydrogen-bond acceptors (Lipinski definition) is 21. The maximum atomic E-state index is 14.8. The quantitative estimate of drug-likeness (QED) is 0.0351. The molecule has 0 spiro atoms. The van der Waals surface area contributed by atoms with Crippen molar-refractivity contribution in [2.24, 2.45) is 5.92 Å². The number of carbonyl (C=O) groups is 4. The number of hydrogen-bond donors (Lipinski definition) is 8. The van der Waals surface area contributed by atoms with E-state index < -0.39 is 75.9 Å². The van der Waals surface area contributed by atoms with Crippen LogP contribution in [0.5, 0.6) is 23.5 Å². The molecule has 8 amide bonds. The van der Waals surface area contributed by atoms with E-state index in [1.165, 1.54) is 55.4 Å². The van der Waals surface area contributed by atoms with Gasteiger partial charge in [0.1, 0.15) is 30.2 Å². The first-order valence-electron chi connectivity index (χ1n) is 39.6. The van der Waals surface area contributed by atoms with Crippen LogP contribution in [-0.2, 0) is 96.7 Å². The van der Waals surface area contributed by atoms with Gasteiger partial charge in [0.15, 0.2) is 19.6 Å². The van der Waals surface area contributed by atoms with Crippen LogP contribution in [0.3, 0.4) is 0 Å². The summed E-state index contributed by atoms with van der Waals surface area (Å²) in [5, 5.41) is 27.3. The zero-order chi connectivity index (χ0) is 87.4. The first-order chi connectivity index (χ1) is 56.6. The molecule has 14 rings (SSSR count). The number of fused-ring (bicyclic) bond motifs is 6. The number of benzene rings is 4. The number of rotatable bonds is 20. The molecule has 4 aromatic carbocycles. The van der Waals surface area contributed by atoms with Crippen molar-refractivity contribution in [1.82, 2.24) is 58.0 Å². The van der Waals surface area contributed by atoms with Gasteiger partial charge in [-0.15, -0.1) is 0 Å². The Morgan fingerprint density at radius 2 is 0.733 bits per heavy atom. The summed E-state index contributed by atoms with van der Waals surface area (Å²) in [6, 6.07) is 5.35. The number of urea groups is 4. The molecule has 8 N–H and O–H groups in total. The number of halogens is 4. The van der Waals surface area contributed by atoms with Crippen LogP contribution in [0, 0.1) is 23.4 Å². The van der Waals surface area contributed by atoms with Gasteiger partial charge in [-0.05, 0) is 172 Å². The molecule has 120 heavy (non-hydrogen) atoms. The molecular formula is C79H102ClF3N16O17S4. The second-order valence-electron chi connectivity index (χ2n) is 31.6. The number of aryl methyl sites for hydroxylation is 2. The van der Waals surface area contributed by atoms with Crippen molar-refractivity contribution < 1.29 is 89.7 Å². The molecule has 0 fully saturated rings. The third kappa shape index (κ3) is 20.4. The summed E-state index contributed by atoms with van der Waals surface area (Å²) in [6.07, 6.45) is 11.1. The van der Waals surface area contributed by atoms with Crippen molar-refractivity contribution in [3.05, 3.63) is 139 Å². The molecule has 0 bridgehead atoms. The van der Waals surface area contributed by atoms with E-state index in [4.69, 9.17) is 35.3 Å². The standard InChI is InChI=1S/C21H29FN4O4S.C20H27ClN4O5S.C19H21FN4O4S.C19H25FN4O4S/c1-6-14-10-26-20(30-11-14)18(9-23-26)31(28,29)25-21(27)24-19-16(12(2)3)7-15(22)8-17(19)13(4)5;1-11(2)15-6-13(21)7-16(12(3)4)18(15)23-20(26)24-31(27,28)17-8-22-25-9-14(29-5)10-30-19(17)25;20-16-11-4-1-6-13(11)17(14-7-2-5-12(14)16)22-19(25)23-29(26,27)15-10-21-24-8-3-9-28-18(15)24;1-11(2)14-8-13(20)9-15(12(3)4)17(14)22-19(25)23-29(26,27)16-10-21-24-6-5-7-28-18(16)24/h7-9,12-14H,6,10-11H2,1-5H3,(H2,24,25,27);6-8,11-12,14H,9-10H2,1-5H3,(H2,23,24,26);10H,1-9H2,(H2,22,23,25);8-12H,5-7H2,1-4H3,(H2,22,23,25)/t2*14-;;/m11../s1. The van der Waals surface area contributed by atoms with E-state index in [9.17, 15) is 66.0 Å². The fraction of sp³-hybridized carbons (Fsp3) is 0.494. The summed E-state index contributed by atoms with van der Waals surface area (Å²) in [4.78, 5) is 49.8. The average Bonchev–Trinajstić information content (AvgIpc) is 1.61. The normalized spacial score (nSPS) is 15.9. The van der Waals surface area contributed by atoms with Gasteiger partial charge in [-0.3, -0.25) is 0 Å². The highest BCUT2D eigenvalue weighted by molar-refractivity contribution is 7.91. The minimum atomic E-state index is -4.22. The first kappa shape index (κ1) is 90.6. The van der Waals surface area contributed by atoms with Crippen LogP contribution >= 0.6 is 11.6 Å². The van der Waals surface area contributed by atoms with Crippen LogP contribution in [0.1, 0.15) is 213 Å². The zero-order valence-electron chi connectivity index (χ0n) is 69.1. The number of sulfonamides is 4. The van der Waals surface area contributed by atoms with E-state index in [1.54, 1.807) is 19.2 Å². The Bertz CT molecular complexity index is 5400. The average molecular weight is 1770 g/mol. The van der Waals surface area contributed by atoms with Gasteiger partial charge < -0.3 is 45.0 Å². The maximum absolute atomic E-state index is 14.8. The smallest absolute Gasteiger partial charge is 0.333 e. The van der Waals surface area contributed by atoms with E-state index >= 15 is 0 Å². The number of anilines is 4. The van der Waals surface area contributed by atoms with Crippen LogP contribution in [0.15, 0.2) is 80.8 Å². The minimum absolute atomic E-state index is 0.0629. The molecule has 8 heterocycles. The Morgan fingerprint density at radius 3 is 1.07 bits per heavy atom. The Kier molecular flexibility index (Phi) is 28.3. The predicted octanol–water partition coefficient (Wildman–Crippen LogP) is 13.8. The van der Waals surface area contributed by atoms with Crippen LogP contribution in [0.2, 0.25) is 5.02 Å². The number of amides is 8. The second-order valence-corrected chi connectivity index (χ2v) is 38.6.